The number of esters is 1. The minimum absolute atomic E-state index is 0.00110. The first-order valence-corrected chi connectivity index (χ1v) is 27.8. The van der Waals surface area contributed by atoms with Gasteiger partial charge in [-0.3, -0.25) is 4.79 Å². The number of rotatable bonds is 16. The topological polar surface area (TPSA) is 245 Å². The van der Waals surface area contributed by atoms with E-state index in [1.807, 2.05) is 44.7 Å². The van der Waals surface area contributed by atoms with Crippen LogP contribution in [-0.2, 0) is 56.1 Å². The Morgan fingerprint density at radius 3 is 2.26 bits per heavy atom. The summed E-state index contributed by atoms with van der Waals surface area (Å²) in [7, 11) is 1.88. The van der Waals surface area contributed by atoms with E-state index in [0.717, 1.165) is 11.8 Å². The van der Waals surface area contributed by atoms with Crippen LogP contribution in [-0.4, -0.2) is 203 Å². The molecule has 3 aliphatic rings. The van der Waals surface area contributed by atoms with Crippen LogP contribution in [0.1, 0.15) is 112 Å². The van der Waals surface area contributed by atoms with Gasteiger partial charge in [-0.1, -0.05) is 45.0 Å². The summed E-state index contributed by atoms with van der Waals surface area (Å²) in [6.45, 7) is 17.9. The standard InChI is InChI=1S/C52H88FN5O14S/c1-15-42-52(10,64)45(60)34(6)57(12)26-30(2)23-50(8,63)47(32(4)43(33(5)48(62)71-42)41-24-51(9,67-13)46(61)35(7)70-41)72-49-44(59)40(22-31(3)69-49)56(11)21-20-37-27-58(55-54-37)38(25-53)29-68-28-36-16-18-39(19-17-36)73(14,65)66/h16-19,27,30-35,38,40-47,49,59-61,63-64H,15,20-26,28-29H2,1-14H3/t30-,31-,32+,33-,34-,35+,38-,40+,41?,42-,43+,44-,45-,46+,47-,49+,50-,51-,52-/m1/s1. The number of carbonyl (C=O) groups excluding carboxylic acids is 1. The van der Waals surface area contributed by atoms with E-state index in [-0.39, 0.29) is 43.3 Å². The van der Waals surface area contributed by atoms with Crippen molar-refractivity contribution in [3.8, 4) is 0 Å². The Kier molecular flexibility index (Phi) is 21.0. The van der Waals surface area contributed by atoms with E-state index < -0.39 is 130 Å². The molecule has 2 aromatic rings. The molecule has 1 unspecified atom stereocenters. The number of nitrogens with zero attached hydrogens (tertiary/aromatic N) is 5. The van der Waals surface area contributed by atoms with Crippen molar-refractivity contribution in [3.63, 3.8) is 0 Å². The number of alkyl halides is 1. The molecule has 0 bridgehead atoms. The Bertz CT molecular complexity index is 2170. The molecule has 1 aromatic carbocycles. The molecule has 4 heterocycles. The first-order chi connectivity index (χ1) is 34.0. The lowest BCUT2D eigenvalue weighted by Gasteiger charge is -2.51. The lowest BCUT2D eigenvalue weighted by Crippen LogP contribution is -2.62. The van der Waals surface area contributed by atoms with Gasteiger partial charge in [0.1, 0.15) is 42.7 Å². The van der Waals surface area contributed by atoms with E-state index in [9.17, 15) is 43.1 Å². The molecule has 0 amide bonds. The second-order valence-corrected chi connectivity index (χ2v) is 24.5. The van der Waals surface area contributed by atoms with Crippen LogP contribution in [0.3, 0.4) is 0 Å². The highest BCUT2D eigenvalue weighted by Gasteiger charge is 2.55. The van der Waals surface area contributed by atoms with Crippen LogP contribution in [0.5, 0.6) is 0 Å². The van der Waals surface area contributed by atoms with E-state index in [1.54, 1.807) is 59.9 Å². The van der Waals surface area contributed by atoms with Crippen LogP contribution < -0.4 is 0 Å². The maximum atomic E-state index is 14.6. The van der Waals surface area contributed by atoms with Crippen LogP contribution in [0.4, 0.5) is 4.39 Å². The highest BCUT2D eigenvalue weighted by Crippen LogP contribution is 2.45. The molecule has 3 fully saturated rings. The lowest BCUT2D eigenvalue weighted by atomic mass is 9.68. The first-order valence-electron chi connectivity index (χ1n) is 25.9. The molecule has 418 valence electrons. The summed E-state index contributed by atoms with van der Waals surface area (Å²) >= 11 is 0. The zero-order chi connectivity index (χ0) is 54.5. The molecule has 0 aliphatic carbocycles. The van der Waals surface area contributed by atoms with Gasteiger partial charge in [0.2, 0.25) is 0 Å². The molecule has 0 saturated carbocycles. The number of hydrogen-bond acceptors (Lipinski definition) is 18. The molecule has 19 atom stereocenters. The fourth-order valence-corrected chi connectivity index (χ4v) is 12.2. The third-order valence-electron chi connectivity index (χ3n) is 16.2. The summed E-state index contributed by atoms with van der Waals surface area (Å²) in [6.07, 6.45) is -4.64. The molecule has 3 aliphatic heterocycles. The minimum Gasteiger partial charge on any atom is -0.459 e. The number of methoxy groups -OCH3 is 1. The van der Waals surface area contributed by atoms with Crippen molar-refractivity contribution in [2.24, 2.45) is 23.7 Å². The number of sulfone groups is 1. The van der Waals surface area contributed by atoms with E-state index in [4.69, 9.17) is 28.4 Å². The molecule has 0 spiro atoms. The molecule has 5 rings (SSSR count). The number of carbonyl (C=O) groups is 1. The molecule has 1 aromatic heterocycles. The van der Waals surface area contributed by atoms with Crippen LogP contribution >= 0.6 is 0 Å². The van der Waals surface area contributed by atoms with Gasteiger partial charge in [-0.25, -0.2) is 17.5 Å². The number of halogens is 1. The predicted molar refractivity (Wildman–Crippen MR) is 270 cm³/mol. The Labute approximate surface area is 432 Å². The molecule has 5 N–H and O–H groups in total. The zero-order valence-electron chi connectivity index (χ0n) is 45.6. The van der Waals surface area contributed by atoms with Gasteiger partial charge in [-0.2, -0.15) is 0 Å². The lowest BCUT2D eigenvalue weighted by molar-refractivity contribution is -0.302. The SMILES string of the molecule is CC[C@H]1OC(=O)[C@H](C)[C@@H](C2C[C@@](C)(OC)[C@@H](O)[C@H](C)O2)[C@H](C)[C@@H](O[C@@H]2O[C@H](C)C[C@H](N(C)CCc3cn([C@H](CF)COCc4ccc(S(C)(=O)=O)cc4)nn3)[C@H]2O)[C@](C)(O)C[C@@H](C)CN(C)[C@H](C)[C@@H](O)[C@]1(C)O. The molecular weight excluding hydrogens is 970 g/mol. The van der Waals surface area contributed by atoms with Crippen molar-refractivity contribution in [2.75, 3.05) is 53.8 Å². The summed E-state index contributed by atoms with van der Waals surface area (Å²) in [4.78, 5) is 18.7. The molecule has 73 heavy (non-hydrogen) atoms. The average Bonchev–Trinajstić information content (AvgIpc) is 3.80. The highest BCUT2D eigenvalue weighted by molar-refractivity contribution is 7.90. The van der Waals surface area contributed by atoms with Gasteiger partial charge in [0, 0.05) is 63.5 Å². The van der Waals surface area contributed by atoms with E-state index in [2.05, 4.69) is 10.3 Å². The molecule has 21 heteroatoms. The Balaban J connectivity index is 1.40. The fraction of sp³-hybridized carbons (Fsp3) is 0.827. The van der Waals surface area contributed by atoms with Crippen molar-refractivity contribution in [3.05, 3.63) is 41.7 Å². The normalized spacial score (nSPS) is 39.4. The predicted octanol–water partition coefficient (Wildman–Crippen LogP) is 3.51. The quantitative estimate of drug-likeness (QED) is 0.151. The highest BCUT2D eigenvalue weighted by atomic mass is 32.2. The number of cyclic esters (lactones) is 1. The van der Waals surface area contributed by atoms with E-state index >= 15 is 0 Å². The number of likely N-dealkylation sites (N-methyl/N-ethyl adjacent to an activating group) is 2. The maximum absolute atomic E-state index is 14.6. The van der Waals surface area contributed by atoms with E-state index in [1.165, 1.54) is 30.8 Å². The first kappa shape index (κ1) is 61.1. The summed E-state index contributed by atoms with van der Waals surface area (Å²) in [5, 5.41) is 68.5. The van der Waals surface area contributed by atoms with Crippen molar-refractivity contribution < 1.29 is 71.6 Å². The van der Waals surface area contributed by atoms with Gasteiger partial charge in [0.05, 0.1) is 65.3 Å². The second kappa shape index (κ2) is 25.1. The summed E-state index contributed by atoms with van der Waals surface area (Å²) in [5.41, 5.74) is -3.22. The number of aliphatic hydroxyl groups excluding tert-OH is 3. The molecular formula is C52H88FN5O14S. The number of benzene rings is 1. The number of ether oxygens (including phenoxy) is 6. The number of aliphatic hydroxyl groups is 5. The van der Waals surface area contributed by atoms with Crippen LogP contribution in [0.15, 0.2) is 35.4 Å². The summed E-state index contributed by atoms with van der Waals surface area (Å²) in [6, 6.07) is 4.50. The van der Waals surface area contributed by atoms with E-state index in [0.29, 0.717) is 31.6 Å². The molecule has 0 radical (unpaired) electrons. The van der Waals surface area contributed by atoms with Crippen molar-refractivity contribution in [1.29, 1.82) is 0 Å². The second-order valence-electron chi connectivity index (χ2n) is 22.4. The van der Waals surface area contributed by atoms with Gasteiger partial charge in [-0.15, -0.1) is 5.10 Å². The van der Waals surface area contributed by atoms with Gasteiger partial charge >= 0.3 is 5.97 Å². The Morgan fingerprint density at radius 1 is 1.00 bits per heavy atom. The van der Waals surface area contributed by atoms with Crippen LogP contribution in [0.25, 0.3) is 0 Å². The fourth-order valence-electron chi connectivity index (χ4n) is 11.6. The summed E-state index contributed by atoms with van der Waals surface area (Å²) < 4.78 is 77.3. The molecule has 19 nitrogen and oxygen atoms in total. The van der Waals surface area contributed by atoms with Crippen molar-refractivity contribution in [2.45, 2.75) is 203 Å². The zero-order valence-corrected chi connectivity index (χ0v) is 46.4. The molecule has 3 saturated heterocycles. The minimum atomic E-state index is -3.34. The Morgan fingerprint density at radius 2 is 1.66 bits per heavy atom. The van der Waals surface area contributed by atoms with Gasteiger partial charge in [0.25, 0.3) is 0 Å². The van der Waals surface area contributed by atoms with Crippen molar-refractivity contribution >= 4 is 15.8 Å². The largest absolute Gasteiger partial charge is 0.459 e. The van der Waals surface area contributed by atoms with Crippen molar-refractivity contribution in [1.82, 2.24) is 24.8 Å². The average molecular weight is 1060 g/mol. The Hall–Kier alpha value is -2.77. The smallest absolute Gasteiger partial charge is 0.309 e. The third-order valence-corrected chi connectivity index (χ3v) is 17.4. The monoisotopic (exact) mass is 1060 g/mol. The third kappa shape index (κ3) is 14.6. The van der Waals surface area contributed by atoms with Crippen LogP contribution in [0, 0.1) is 23.7 Å². The van der Waals surface area contributed by atoms with Gasteiger partial charge in [-0.05, 0) is 104 Å². The number of aromatic nitrogens is 3. The maximum Gasteiger partial charge on any atom is 0.309 e. The van der Waals surface area contributed by atoms with Crippen LogP contribution in [0.2, 0.25) is 0 Å². The summed E-state index contributed by atoms with van der Waals surface area (Å²) in [5.74, 6) is -3.30. The number of hydrogen-bond donors (Lipinski definition) is 5. The van der Waals surface area contributed by atoms with Gasteiger partial charge in [0.15, 0.2) is 16.1 Å². The van der Waals surface area contributed by atoms with Gasteiger partial charge < -0.3 is 63.8 Å².